The summed E-state index contributed by atoms with van der Waals surface area (Å²) >= 11 is 0. The summed E-state index contributed by atoms with van der Waals surface area (Å²) in [5.41, 5.74) is 7.34. The average molecular weight is 406 g/mol. The molecular formula is C22H32FN3O3. The summed E-state index contributed by atoms with van der Waals surface area (Å²) in [6.45, 7) is 6.85. The Hall–Kier alpha value is -2.31. The number of halogens is 1. The van der Waals surface area contributed by atoms with E-state index in [9.17, 15) is 9.18 Å². The van der Waals surface area contributed by atoms with Gasteiger partial charge in [-0.3, -0.25) is 0 Å². The van der Waals surface area contributed by atoms with Crippen LogP contribution in [-0.2, 0) is 9.57 Å². The number of likely N-dealkylation sites (tertiary alicyclic amines) is 1. The number of nitrogens with zero attached hydrogens (tertiary/aromatic N) is 2. The molecule has 1 aromatic rings. The number of hydrogen-bond acceptors (Lipinski definition) is 5. The van der Waals surface area contributed by atoms with Gasteiger partial charge in [0.05, 0.1) is 11.4 Å². The molecule has 1 heterocycles. The molecule has 1 amide bonds. The molecule has 1 saturated carbocycles. The van der Waals surface area contributed by atoms with Gasteiger partial charge in [-0.05, 0) is 70.1 Å². The van der Waals surface area contributed by atoms with E-state index < -0.39 is 5.60 Å². The number of hydrogen-bond donors (Lipinski definition) is 1. The van der Waals surface area contributed by atoms with Gasteiger partial charge in [0.25, 0.3) is 0 Å². The number of amides is 1. The summed E-state index contributed by atoms with van der Waals surface area (Å²) in [4.78, 5) is 19.6. The first-order valence-corrected chi connectivity index (χ1v) is 10.5. The van der Waals surface area contributed by atoms with E-state index in [-0.39, 0.29) is 23.7 Å². The molecule has 1 aromatic carbocycles. The molecule has 0 aromatic heterocycles. The molecule has 29 heavy (non-hydrogen) atoms. The number of ether oxygens (including phenoxy) is 1. The van der Waals surface area contributed by atoms with Crippen molar-refractivity contribution in [2.24, 2.45) is 5.16 Å². The van der Waals surface area contributed by atoms with E-state index in [0.717, 1.165) is 49.8 Å². The molecule has 0 atom stereocenters. The summed E-state index contributed by atoms with van der Waals surface area (Å²) in [5.74, 6) is -0.0101. The normalized spacial score (nSPS) is 21.0. The molecule has 2 fully saturated rings. The Morgan fingerprint density at radius 3 is 2.41 bits per heavy atom. The number of piperidine rings is 1. The molecule has 0 spiro atoms. The Balaban J connectivity index is 1.42. The third-order valence-electron chi connectivity index (χ3n) is 5.48. The summed E-state index contributed by atoms with van der Waals surface area (Å²) in [5, 5.41) is 4.38. The second kappa shape index (κ2) is 9.01. The van der Waals surface area contributed by atoms with Crippen molar-refractivity contribution in [3.8, 4) is 0 Å². The van der Waals surface area contributed by atoms with Crippen LogP contribution in [0.15, 0.2) is 23.4 Å². The maximum atomic E-state index is 13.7. The fraction of sp³-hybridized carbons (Fsp3) is 0.636. The lowest BCUT2D eigenvalue weighted by molar-refractivity contribution is -0.0103. The minimum atomic E-state index is -0.479. The van der Waals surface area contributed by atoms with Crippen LogP contribution in [-0.4, -0.2) is 41.5 Å². The molecule has 160 valence electrons. The Morgan fingerprint density at radius 2 is 1.83 bits per heavy atom. The zero-order valence-corrected chi connectivity index (χ0v) is 17.6. The molecule has 2 aliphatic rings. The lowest BCUT2D eigenvalue weighted by atomic mass is 9.83. The van der Waals surface area contributed by atoms with Crippen LogP contribution in [0.1, 0.15) is 70.8 Å². The van der Waals surface area contributed by atoms with Gasteiger partial charge in [-0.15, -0.1) is 0 Å². The molecule has 3 rings (SSSR count). The van der Waals surface area contributed by atoms with E-state index in [1.54, 1.807) is 17.0 Å². The molecule has 6 nitrogen and oxygen atoms in total. The van der Waals surface area contributed by atoms with Gasteiger partial charge < -0.3 is 20.2 Å². The lowest BCUT2D eigenvalue weighted by Gasteiger charge is -2.32. The predicted molar refractivity (Wildman–Crippen MR) is 111 cm³/mol. The third-order valence-corrected chi connectivity index (χ3v) is 5.48. The van der Waals surface area contributed by atoms with Crippen LogP contribution >= 0.6 is 0 Å². The zero-order valence-electron chi connectivity index (χ0n) is 17.6. The Kier molecular flexibility index (Phi) is 6.65. The van der Waals surface area contributed by atoms with Crippen LogP contribution in [0.5, 0.6) is 0 Å². The molecule has 7 heteroatoms. The standard InChI is InChI=1S/C22H32FN3O3/c1-22(2,3)28-21(27)26-12-10-18(11-13-26)29-25-17-7-4-15(5-8-17)16-6-9-20(24)19(23)14-16/h6,9,14-15,18H,4-5,7-8,10-13,24H2,1-3H3. The van der Waals surface area contributed by atoms with Gasteiger partial charge >= 0.3 is 6.09 Å². The number of benzene rings is 1. The first-order valence-electron chi connectivity index (χ1n) is 10.5. The number of nitrogens with two attached hydrogens (primary N) is 1. The highest BCUT2D eigenvalue weighted by molar-refractivity contribution is 5.84. The van der Waals surface area contributed by atoms with Crippen molar-refractivity contribution in [2.75, 3.05) is 18.8 Å². The highest BCUT2D eigenvalue weighted by Gasteiger charge is 2.28. The number of carbonyl (C=O) groups is 1. The van der Waals surface area contributed by atoms with Crippen LogP contribution in [0, 0.1) is 5.82 Å². The van der Waals surface area contributed by atoms with Crippen LogP contribution in [0.2, 0.25) is 0 Å². The number of carbonyl (C=O) groups excluding carboxylic acids is 1. The lowest BCUT2D eigenvalue weighted by Crippen LogP contribution is -2.43. The van der Waals surface area contributed by atoms with Gasteiger partial charge in [-0.25, -0.2) is 9.18 Å². The molecule has 0 radical (unpaired) electrons. The quantitative estimate of drug-likeness (QED) is 0.577. The first kappa shape index (κ1) is 21.4. The van der Waals surface area contributed by atoms with E-state index in [1.165, 1.54) is 0 Å². The number of nitrogen functional groups attached to an aromatic ring is 1. The van der Waals surface area contributed by atoms with Gasteiger partial charge in [0.1, 0.15) is 17.5 Å². The average Bonchev–Trinajstić information content (AvgIpc) is 2.68. The highest BCUT2D eigenvalue weighted by Crippen LogP contribution is 2.33. The molecule has 0 unspecified atom stereocenters. The molecule has 1 saturated heterocycles. The van der Waals surface area contributed by atoms with Crippen LogP contribution in [0.25, 0.3) is 0 Å². The van der Waals surface area contributed by atoms with Gasteiger partial charge in [0.2, 0.25) is 0 Å². The summed E-state index contributed by atoms with van der Waals surface area (Å²) < 4.78 is 19.1. The number of anilines is 1. The smallest absolute Gasteiger partial charge is 0.410 e. The minimum Gasteiger partial charge on any atom is -0.444 e. The second-order valence-electron chi connectivity index (χ2n) is 8.98. The van der Waals surface area contributed by atoms with Crippen molar-refractivity contribution < 1.29 is 18.8 Å². The van der Waals surface area contributed by atoms with Crippen LogP contribution < -0.4 is 5.73 Å². The Bertz CT molecular complexity index is 742. The van der Waals surface area contributed by atoms with Crippen molar-refractivity contribution in [1.29, 1.82) is 0 Å². The van der Waals surface area contributed by atoms with E-state index in [2.05, 4.69) is 5.16 Å². The summed E-state index contributed by atoms with van der Waals surface area (Å²) in [6.07, 6.45) is 4.85. The van der Waals surface area contributed by atoms with Gasteiger partial charge in [0, 0.05) is 25.9 Å². The summed E-state index contributed by atoms with van der Waals surface area (Å²) in [6, 6.07) is 5.11. The molecule has 1 aliphatic carbocycles. The Morgan fingerprint density at radius 1 is 1.17 bits per heavy atom. The number of oxime groups is 1. The molecule has 1 aliphatic heterocycles. The maximum absolute atomic E-state index is 13.7. The first-order chi connectivity index (χ1) is 13.7. The van der Waals surface area contributed by atoms with E-state index >= 15 is 0 Å². The Labute approximate surface area is 172 Å². The largest absolute Gasteiger partial charge is 0.444 e. The third kappa shape index (κ3) is 6.08. The van der Waals surface area contributed by atoms with Crippen molar-refractivity contribution in [3.63, 3.8) is 0 Å². The monoisotopic (exact) mass is 405 g/mol. The second-order valence-corrected chi connectivity index (χ2v) is 8.98. The fourth-order valence-corrected chi connectivity index (χ4v) is 3.79. The van der Waals surface area contributed by atoms with Gasteiger partial charge in [0.15, 0.2) is 0 Å². The minimum absolute atomic E-state index is 0.0325. The maximum Gasteiger partial charge on any atom is 0.410 e. The van der Waals surface area contributed by atoms with E-state index in [0.29, 0.717) is 19.0 Å². The van der Waals surface area contributed by atoms with Crippen molar-refractivity contribution in [2.45, 2.75) is 76.9 Å². The van der Waals surface area contributed by atoms with Crippen LogP contribution in [0.3, 0.4) is 0 Å². The molecule has 2 N–H and O–H groups in total. The van der Waals surface area contributed by atoms with E-state index in [4.69, 9.17) is 15.3 Å². The number of rotatable bonds is 3. The SMILES string of the molecule is CC(C)(C)OC(=O)N1CCC(ON=C2CCC(c3ccc(N)c(F)c3)CC2)CC1. The van der Waals surface area contributed by atoms with E-state index in [1.807, 2.05) is 26.8 Å². The van der Waals surface area contributed by atoms with Gasteiger partial charge in [-0.1, -0.05) is 11.2 Å². The van der Waals surface area contributed by atoms with Crippen molar-refractivity contribution in [1.82, 2.24) is 4.90 Å². The fourth-order valence-electron chi connectivity index (χ4n) is 3.79. The van der Waals surface area contributed by atoms with Crippen molar-refractivity contribution >= 4 is 17.5 Å². The van der Waals surface area contributed by atoms with Crippen LogP contribution in [0.4, 0.5) is 14.9 Å². The predicted octanol–water partition coefficient (Wildman–Crippen LogP) is 4.84. The zero-order chi connectivity index (χ0) is 21.0. The summed E-state index contributed by atoms with van der Waals surface area (Å²) in [7, 11) is 0. The van der Waals surface area contributed by atoms with Gasteiger partial charge in [-0.2, -0.15) is 0 Å². The molecular weight excluding hydrogens is 373 g/mol. The molecule has 0 bridgehead atoms. The topological polar surface area (TPSA) is 77.1 Å². The highest BCUT2D eigenvalue weighted by atomic mass is 19.1. The van der Waals surface area contributed by atoms with Crippen molar-refractivity contribution in [3.05, 3.63) is 29.6 Å².